The molecule has 1 aromatic rings. The number of benzene rings is 1. The summed E-state index contributed by atoms with van der Waals surface area (Å²) < 4.78 is 18.8. The summed E-state index contributed by atoms with van der Waals surface area (Å²) in [7, 11) is 1.40. The van der Waals surface area contributed by atoms with Crippen molar-refractivity contribution in [2.24, 2.45) is 0 Å². The molecule has 3 rings (SSSR count). The Hall–Kier alpha value is -2.68. The van der Waals surface area contributed by atoms with Crippen LogP contribution < -0.4 is 15.5 Å². The van der Waals surface area contributed by atoms with E-state index in [0.717, 1.165) is 24.3 Å². The number of hydrogen-bond donors (Lipinski definition) is 2. The number of likely N-dealkylation sites (N-methyl/N-ethyl adjacent to an activating group) is 1. The first-order valence-electron chi connectivity index (χ1n) is 9.89. The van der Waals surface area contributed by atoms with Crippen LogP contribution in [0.15, 0.2) is 18.2 Å². The number of hydrogen-bond acceptors (Lipinski definition) is 5. The Balaban J connectivity index is 1.59. The summed E-state index contributed by atoms with van der Waals surface area (Å²) in [5, 5.41) is 3.55. The lowest BCUT2D eigenvalue weighted by Gasteiger charge is -2.30. The van der Waals surface area contributed by atoms with Crippen LogP contribution in [-0.2, 0) is 16.1 Å². The highest BCUT2D eigenvalue weighted by atomic mass is 19.1. The first-order chi connectivity index (χ1) is 13.9. The van der Waals surface area contributed by atoms with E-state index in [4.69, 9.17) is 4.74 Å². The number of hydrazine groups is 1. The van der Waals surface area contributed by atoms with E-state index in [1.54, 1.807) is 11.0 Å². The van der Waals surface area contributed by atoms with Crippen LogP contribution >= 0.6 is 0 Å². The number of nitrogens with one attached hydrogen (secondary N) is 2. The molecule has 0 radical (unpaired) electrons. The highest BCUT2D eigenvalue weighted by molar-refractivity contribution is 6.08. The zero-order chi connectivity index (χ0) is 21.0. The normalized spacial score (nSPS) is 18.3. The second-order valence-corrected chi connectivity index (χ2v) is 7.52. The average molecular weight is 406 g/mol. The number of rotatable bonds is 7. The van der Waals surface area contributed by atoms with E-state index >= 15 is 0 Å². The molecule has 0 bridgehead atoms. The molecule has 2 aliphatic rings. The van der Waals surface area contributed by atoms with E-state index < -0.39 is 29.2 Å². The Morgan fingerprint density at radius 3 is 2.66 bits per heavy atom. The Morgan fingerprint density at radius 1 is 1.31 bits per heavy atom. The topological polar surface area (TPSA) is 91.0 Å². The Bertz CT molecular complexity index is 795. The molecule has 0 atom stereocenters. The number of amides is 4. The summed E-state index contributed by atoms with van der Waals surface area (Å²) in [5.74, 6) is -1.18. The standard InChI is InChI=1S/C20H27FN4O4/c1-3-24(12-14-7-8-16(29-2)15(21)11-14)13-17(26)23-25-18(27)20(22-19(25)28)9-5-4-6-10-20/h7-8,11H,3-6,9-10,12-13H2,1-2H3,(H,22,28)(H,23,26). The molecule has 2 fully saturated rings. The van der Waals surface area contributed by atoms with E-state index in [0.29, 0.717) is 31.5 Å². The minimum absolute atomic E-state index is 0.0335. The van der Waals surface area contributed by atoms with Gasteiger partial charge in [-0.15, -0.1) is 0 Å². The van der Waals surface area contributed by atoms with Crippen LogP contribution in [0, 0.1) is 5.82 Å². The van der Waals surface area contributed by atoms with E-state index in [1.165, 1.54) is 19.2 Å². The Morgan fingerprint density at radius 2 is 2.03 bits per heavy atom. The van der Waals surface area contributed by atoms with Crippen molar-refractivity contribution in [1.29, 1.82) is 0 Å². The molecule has 1 heterocycles. The molecule has 0 aromatic heterocycles. The number of halogens is 1. The first kappa shape index (κ1) is 21.0. The molecule has 1 aliphatic heterocycles. The summed E-state index contributed by atoms with van der Waals surface area (Å²) in [5.41, 5.74) is 2.23. The largest absolute Gasteiger partial charge is 0.494 e. The molecule has 8 nitrogen and oxygen atoms in total. The highest BCUT2D eigenvalue weighted by Gasteiger charge is 2.52. The van der Waals surface area contributed by atoms with Gasteiger partial charge in [0.1, 0.15) is 5.54 Å². The molecule has 9 heteroatoms. The van der Waals surface area contributed by atoms with Gasteiger partial charge in [0.05, 0.1) is 13.7 Å². The molecule has 158 valence electrons. The van der Waals surface area contributed by atoms with Crippen molar-refractivity contribution in [3.8, 4) is 5.75 Å². The van der Waals surface area contributed by atoms with Gasteiger partial charge < -0.3 is 10.1 Å². The summed E-state index contributed by atoms with van der Waals surface area (Å²) in [6, 6.07) is 4.04. The van der Waals surface area contributed by atoms with Gasteiger partial charge in [-0.2, -0.15) is 5.01 Å². The molecule has 1 spiro atoms. The fourth-order valence-electron chi connectivity index (χ4n) is 3.93. The van der Waals surface area contributed by atoms with Gasteiger partial charge in [-0.05, 0) is 37.1 Å². The second kappa shape index (κ2) is 8.77. The smallest absolute Gasteiger partial charge is 0.344 e. The van der Waals surface area contributed by atoms with Crippen LogP contribution in [-0.4, -0.2) is 53.5 Å². The molecule has 1 aliphatic carbocycles. The number of nitrogens with zero attached hydrogens (tertiary/aromatic N) is 2. The Labute approximate surface area is 169 Å². The van der Waals surface area contributed by atoms with Gasteiger partial charge in [0.25, 0.3) is 11.8 Å². The first-order valence-corrected chi connectivity index (χ1v) is 9.89. The van der Waals surface area contributed by atoms with Crippen LogP contribution in [0.25, 0.3) is 0 Å². The molecule has 1 saturated carbocycles. The van der Waals surface area contributed by atoms with Gasteiger partial charge in [0, 0.05) is 6.54 Å². The molecular weight excluding hydrogens is 379 g/mol. The minimum Gasteiger partial charge on any atom is -0.494 e. The van der Waals surface area contributed by atoms with Crippen molar-refractivity contribution < 1.29 is 23.5 Å². The van der Waals surface area contributed by atoms with Crippen molar-refractivity contribution in [2.75, 3.05) is 20.2 Å². The van der Waals surface area contributed by atoms with Crippen molar-refractivity contribution in [3.05, 3.63) is 29.6 Å². The van der Waals surface area contributed by atoms with Crippen LogP contribution in [0.4, 0.5) is 9.18 Å². The third-order valence-electron chi connectivity index (χ3n) is 5.54. The van der Waals surface area contributed by atoms with Gasteiger partial charge in [-0.25, -0.2) is 9.18 Å². The monoisotopic (exact) mass is 406 g/mol. The lowest BCUT2D eigenvalue weighted by Crippen LogP contribution is -2.52. The third kappa shape index (κ3) is 4.50. The SMILES string of the molecule is CCN(CC(=O)NN1C(=O)NC2(CCCCC2)C1=O)Cc1ccc(OC)c(F)c1. The van der Waals surface area contributed by atoms with E-state index in [1.807, 2.05) is 6.92 Å². The second-order valence-electron chi connectivity index (χ2n) is 7.52. The summed E-state index contributed by atoms with van der Waals surface area (Å²) in [4.78, 5) is 39.2. The number of ether oxygens (including phenoxy) is 1. The van der Waals surface area contributed by atoms with Crippen molar-refractivity contribution in [2.45, 2.75) is 51.1 Å². The zero-order valence-corrected chi connectivity index (χ0v) is 16.8. The lowest BCUT2D eigenvalue weighted by atomic mass is 9.82. The predicted octanol–water partition coefficient (Wildman–Crippen LogP) is 1.94. The maximum absolute atomic E-state index is 13.9. The van der Waals surface area contributed by atoms with Crippen LogP contribution in [0.5, 0.6) is 5.75 Å². The number of methoxy groups -OCH3 is 1. The maximum atomic E-state index is 13.9. The maximum Gasteiger partial charge on any atom is 0.344 e. The van der Waals surface area contributed by atoms with Gasteiger partial charge >= 0.3 is 6.03 Å². The predicted molar refractivity (Wildman–Crippen MR) is 103 cm³/mol. The quantitative estimate of drug-likeness (QED) is 0.676. The summed E-state index contributed by atoms with van der Waals surface area (Å²) >= 11 is 0. The molecule has 4 amide bonds. The fraction of sp³-hybridized carbons (Fsp3) is 0.550. The van der Waals surface area contributed by atoms with Gasteiger partial charge in [-0.3, -0.25) is 19.9 Å². The molecule has 1 saturated heterocycles. The van der Waals surface area contributed by atoms with Gasteiger partial charge in [0.2, 0.25) is 0 Å². The van der Waals surface area contributed by atoms with Crippen LogP contribution in [0.2, 0.25) is 0 Å². The number of imide groups is 1. The fourth-order valence-corrected chi connectivity index (χ4v) is 3.93. The van der Waals surface area contributed by atoms with Crippen LogP contribution in [0.3, 0.4) is 0 Å². The highest BCUT2D eigenvalue weighted by Crippen LogP contribution is 2.33. The summed E-state index contributed by atoms with van der Waals surface area (Å²) in [6.07, 6.45) is 3.96. The summed E-state index contributed by atoms with van der Waals surface area (Å²) in [6.45, 7) is 2.71. The van der Waals surface area contributed by atoms with E-state index in [-0.39, 0.29) is 12.3 Å². The van der Waals surface area contributed by atoms with Gasteiger partial charge in [-0.1, -0.05) is 32.3 Å². The Kier molecular flexibility index (Phi) is 6.36. The molecule has 1 aromatic carbocycles. The molecule has 2 N–H and O–H groups in total. The van der Waals surface area contributed by atoms with E-state index in [9.17, 15) is 18.8 Å². The van der Waals surface area contributed by atoms with Crippen molar-refractivity contribution >= 4 is 17.8 Å². The van der Waals surface area contributed by atoms with Crippen molar-refractivity contribution in [3.63, 3.8) is 0 Å². The number of carbonyl (C=O) groups is 3. The number of carbonyl (C=O) groups excluding carboxylic acids is 3. The number of urea groups is 1. The lowest BCUT2D eigenvalue weighted by molar-refractivity contribution is -0.140. The minimum atomic E-state index is -0.881. The average Bonchev–Trinajstić information content (AvgIpc) is 2.92. The van der Waals surface area contributed by atoms with Crippen molar-refractivity contribution in [1.82, 2.24) is 20.7 Å². The zero-order valence-electron chi connectivity index (χ0n) is 16.8. The molecule has 0 unspecified atom stereocenters. The van der Waals surface area contributed by atoms with Crippen LogP contribution in [0.1, 0.15) is 44.6 Å². The van der Waals surface area contributed by atoms with Gasteiger partial charge in [0.15, 0.2) is 11.6 Å². The third-order valence-corrected chi connectivity index (χ3v) is 5.54. The molecule has 29 heavy (non-hydrogen) atoms. The molecular formula is C20H27FN4O4. The van der Waals surface area contributed by atoms with E-state index in [2.05, 4.69) is 10.7 Å².